The van der Waals surface area contributed by atoms with Gasteiger partial charge in [0.05, 0.1) is 5.60 Å². The van der Waals surface area contributed by atoms with Gasteiger partial charge in [-0.3, -0.25) is 0 Å². The predicted octanol–water partition coefficient (Wildman–Crippen LogP) is 3.86. The van der Waals surface area contributed by atoms with Crippen molar-refractivity contribution in [2.45, 2.75) is 65.2 Å². The van der Waals surface area contributed by atoms with Crippen LogP contribution in [0.5, 0.6) is 0 Å². The fraction of sp³-hybridized carbons (Fsp3) is 0.625. The SMILES string of the molecule is CC(C)(C)OOC(C)(C)c1cccc(C(C)(C)N)c1. The summed E-state index contributed by atoms with van der Waals surface area (Å²) in [6, 6.07) is 8.14. The molecule has 0 heterocycles. The quantitative estimate of drug-likeness (QED) is 0.664. The van der Waals surface area contributed by atoms with E-state index >= 15 is 0 Å². The minimum Gasteiger partial charge on any atom is -0.322 e. The average molecular weight is 265 g/mol. The number of rotatable bonds is 4. The van der Waals surface area contributed by atoms with Crippen LogP contribution in [0, 0.1) is 0 Å². The standard InChI is InChI=1S/C16H27NO2/c1-14(2,3)18-19-16(6,7)13-10-8-9-12(11-13)15(4,5)17/h8-11H,17H2,1-7H3. The Hall–Kier alpha value is -0.900. The Morgan fingerprint density at radius 1 is 0.842 bits per heavy atom. The maximum Gasteiger partial charge on any atom is 0.123 e. The van der Waals surface area contributed by atoms with E-state index in [-0.39, 0.29) is 11.1 Å². The van der Waals surface area contributed by atoms with Crippen LogP contribution in [0.1, 0.15) is 59.6 Å². The molecule has 1 aromatic carbocycles. The third-order valence-electron chi connectivity index (χ3n) is 2.80. The smallest absolute Gasteiger partial charge is 0.123 e. The van der Waals surface area contributed by atoms with Crippen LogP contribution >= 0.6 is 0 Å². The zero-order valence-electron chi connectivity index (χ0n) is 13.2. The van der Waals surface area contributed by atoms with Crippen molar-refractivity contribution in [2.75, 3.05) is 0 Å². The lowest BCUT2D eigenvalue weighted by Gasteiger charge is -2.30. The second-order valence-corrected chi connectivity index (χ2v) is 7.09. The Labute approximate surface area is 117 Å². The van der Waals surface area contributed by atoms with Gasteiger partial charge in [0.25, 0.3) is 0 Å². The molecular formula is C16H27NO2. The first-order valence-electron chi connectivity index (χ1n) is 6.68. The van der Waals surface area contributed by atoms with E-state index in [1.165, 1.54) is 0 Å². The second-order valence-electron chi connectivity index (χ2n) is 7.09. The number of nitrogens with two attached hydrogens (primary N) is 1. The lowest BCUT2D eigenvalue weighted by Crippen LogP contribution is -2.31. The molecular weight excluding hydrogens is 238 g/mol. The third-order valence-corrected chi connectivity index (χ3v) is 2.80. The van der Waals surface area contributed by atoms with Gasteiger partial charge in [-0.05, 0) is 59.6 Å². The highest BCUT2D eigenvalue weighted by Crippen LogP contribution is 2.29. The van der Waals surface area contributed by atoms with E-state index in [0.717, 1.165) is 11.1 Å². The molecule has 0 aliphatic heterocycles. The molecule has 0 radical (unpaired) electrons. The molecule has 0 saturated heterocycles. The van der Waals surface area contributed by atoms with Crippen molar-refractivity contribution in [3.8, 4) is 0 Å². The van der Waals surface area contributed by atoms with Gasteiger partial charge >= 0.3 is 0 Å². The lowest BCUT2D eigenvalue weighted by molar-refractivity contribution is -0.401. The summed E-state index contributed by atoms with van der Waals surface area (Å²) in [6.07, 6.45) is 0. The van der Waals surface area contributed by atoms with E-state index < -0.39 is 5.60 Å². The molecule has 1 aromatic rings. The fourth-order valence-corrected chi connectivity index (χ4v) is 1.57. The maximum atomic E-state index is 6.14. The summed E-state index contributed by atoms with van der Waals surface area (Å²) in [4.78, 5) is 11.0. The van der Waals surface area contributed by atoms with Crippen molar-refractivity contribution in [3.05, 3.63) is 35.4 Å². The first-order chi connectivity index (χ1) is 8.42. The summed E-state index contributed by atoms with van der Waals surface area (Å²) < 4.78 is 0. The number of hydrogen-bond acceptors (Lipinski definition) is 3. The Kier molecular flexibility index (Phi) is 4.45. The largest absolute Gasteiger partial charge is 0.322 e. The van der Waals surface area contributed by atoms with E-state index in [0.29, 0.717) is 0 Å². The molecule has 0 atom stereocenters. The van der Waals surface area contributed by atoms with Gasteiger partial charge in [0, 0.05) is 5.54 Å². The molecule has 0 unspecified atom stereocenters. The molecule has 0 spiro atoms. The maximum absolute atomic E-state index is 6.14. The predicted molar refractivity (Wildman–Crippen MR) is 78.6 cm³/mol. The fourth-order valence-electron chi connectivity index (χ4n) is 1.57. The number of benzene rings is 1. The summed E-state index contributed by atoms with van der Waals surface area (Å²) in [6.45, 7) is 13.8. The van der Waals surface area contributed by atoms with Crippen LogP contribution in [0.3, 0.4) is 0 Å². The van der Waals surface area contributed by atoms with Crippen LogP contribution in [-0.4, -0.2) is 5.60 Å². The lowest BCUT2D eigenvalue weighted by atomic mass is 9.90. The highest BCUT2D eigenvalue weighted by molar-refractivity contribution is 5.31. The van der Waals surface area contributed by atoms with Crippen molar-refractivity contribution in [1.82, 2.24) is 0 Å². The highest BCUT2D eigenvalue weighted by Gasteiger charge is 2.27. The van der Waals surface area contributed by atoms with E-state index in [4.69, 9.17) is 15.5 Å². The highest BCUT2D eigenvalue weighted by atomic mass is 17.2. The summed E-state index contributed by atoms with van der Waals surface area (Å²) in [5, 5.41) is 0. The molecule has 0 aliphatic carbocycles. The average Bonchev–Trinajstić information content (AvgIpc) is 2.25. The van der Waals surface area contributed by atoms with Gasteiger partial charge in [0.1, 0.15) is 5.60 Å². The van der Waals surface area contributed by atoms with Gasteiger partial charge in [-0.15, -0.1) is 0 Å². The van der Waals surface area contributed by atoms with Gasteiger partial charge in [0.15, 0.2) is 0 Å². The normalized spacial score (nSPS) is 13.7. The molecule has 1 rings (SSSR count). The summed E-state index contributed by atoms with van der Waals surface area (Å²) in [5.41, 5.74) is 7.06. The zero-order chi connectivity index (χ0) is 14.9. The summed E-state index contributed by atoms with van der Waals surface area (Å²) >= 11 is 0. The minimum atomic E-state index is -0.519. The van der Waals surface area contributed by atoms with Crippen LogP contribution in [0.2, 0.25) is 0 Å². The Bertz CT molecular complexity index is 425. The molecule has 0 fully saturated rings. The molecule has 0 aromatic heterocycles. The van der Waals surface area contributed by atoms with Gasteiger partial charge in [-0.1, -0.05) is 24.3 Å². The van der Waals surface area contributed by atoms with Crippen LogP contribution in [0.25, 0.3) is 0 Å². The second kappa shape index (κ2) is 5.23. The van der Waals surface area contributed by atoms with E-state index in [1.54, 1.807) is 0 Å². The van der Waals surface area contributed by atoms with Crippen molar-refractivity contribution >= 4 is 0 Å². The minimum absolute atomic E-state index is 0.331. The van der Waals surface area contributed by atoms with Gasteiger partial charge in [-0.25, -0.2) is 9.78 Å². The van der Waals surface area contributed by atoms with Crippen LogP contribution in [-0.2, 0) is 20.9 Å². The monoisotopic (exact) mass is 265 g/mol. The summed E-state index contributed by atoms with van der Waals surface area (Å²) in [5.74, 6) is 0. The van der Waals surface area contributed by atoms with E-state index in [1.807, 2.05) is 66.7 Å². The molecule has 0 amide bonds. The van der Waals surface area contributed by atoms with E-state index in [9.17, 15) is 0 Å². The molecule has 0 bridgehead atoms. The van der Waals surface area contributed by atoms with Crippen LogP contribution < -0.4 is 5.73 Å². The number of hydrogen-bond donors (Lipinski definition) is 1. The first kappa shape index (κ1) is 16.2. The molecule has 0 saturated carbocycles. The Morgan fingerprint density at radius 3 is 1.84 bits per heavy atom. The topological polar surface area (TPSA) is 44.5 Å². The van der Waals surface area contributed by atoms with E-state index in [2.05, 4.69) is 6.07 Å². The Balaban J connectivity index is 2.95. The molecule has 19 heavy (non-hydrogen) atoms. The van der Waals surface area contributed by atoms with Gasteiger partial charge in [0.2, 0.25) is 0 Å². The van der Waals surface area contributed by atoms with Crippen molar-refractivity contribution in [1.29, 1.82) is 0 Å². The summed E-state index contributed by atoms with van der Waals surface area (Å²) in [7, 11) is 0. The molecule has 3 nitrogen and oxygen atoms in total. The van der Waals surface area contributed by atoms with Crippen molar-refractivity contribution in [3.63, 3.8) is 0 Å². The Morgan fingerprint density at radius 2 is 1.37 bits per heavy atom. The first-order valence-corrected chi connectivity index (χ1v) is 6.68. The molecule has 2 N–H and O–H groups in total. The van der Waals surface area contributed by atoms with Crippen molar-refractivity contribution < 1.29 is 9.78 Å². The molecule has 3 heteroatoms. The third kappa shape index (κ3) is 4.94. The van der Waals surface area contributed by atoms with Gasteiger partial charge in [-0.2, -0.15) is 0 Å². The van der Waals surface area contributed by atoms with Gasteiger partial charge < -0.3 is 5.73 Å². The molecule has 108 valence electrons. The molecule has 0 aliphatic rings. The van der Waals surface area contributed by atoms with Crippen molar-refractivity contribution in [2.24, 2.45) is 5.73 Å². The van der Waals surface area contributed by atoms with Crippen LogP contribution in [0.4, 0.5) is 0 Å². The van der Waals surface area contributed by atoms with Crippen LogP contribution in [0.15, 0.2) is 24.3 Å². The zero-order valence-corrected chi connectivity index (χ0v) is 13.2.